The van der Waals surface area contributed by atoms with E-state index in [1.165, 1.54) is 6.07 Å². The summed E-state index contributed by atoms with van der Waals surface area (Å²) in [5.74, 6) is -0.873. The second-order valence-corrected chi connectivity index (χ2v) is 2.53. The number of phenols is 1. The van der Waals surface area contributed by atoms with Gasteiger partial charge in [0.25, 0.3) is 0 Å². The highest BCUT2D eigenvalue weighted by atomic mass is 16.7. The first kappa shape index (κ1) is 7.72. The number of carbonyl (C=O) groups is 1. The minimum atomic E-state index is -1.15. The molecule has 0 amide bonds. The maximum Gasteiger partial charge on any atom is 0.339 e. The Morgan fingerprint density at radius 3 is 2.85 bits per heavy atom. The van der Waals surface area contributed by atoms with E-state index < -0.39 is 5.97 Å². The van der Waals surface area contributed by atoms with Crippen LogP contribution in [-0.2, 0) is 0 Å². The van der Waals surface area contributed by atoms with E-state index in [0.29, 0.717) is 0 Å². The summed E-state index contributed by atoms with van der Waals surface area (Å²) >= 11 is 0. The second-order valence-electron chi connectivity index (χ2n) is 2.53. The molecule has 0 spiro atoms. The number of aromatic hydroxyl groups is 1. The summed E-state index contributed by atoms with van der Waals surface area (Å²) < 4.78 is 9.86. The van der Waals surface area contributed by atoms with Crippen molar-refractivity contribution in [1.82, 2.24) is 0 Å². The third-order valence-electron chi connectivity index (χ3n) is 1.69. The molecule has 5 heteroatoms. The second kappa shape index (κ2) is 2.55. The normalized spacial score (nSPS) is 12.9. The predicted molar refractivity (Wildman–Crippen MR) is 41.2 cm³/mol. The lowest BCUT2D eigenvalue weighted by Gasteiger charge is -2.01. The van der Waals surface area contributed by atoms with Gasteiger partial charge in [0.1, 0.15) is 11.3 Å². The first-order chi connectivity index (χ1) is 6.18. The molecule has 1 aromatic rings. The third-order valence-corrected chi connectivity index (χ3v) is 1.69. The number of phenolic OH excluding ortho intramolecular Hbond substituents is 1. The van der Waals surface area contributed by atoms with Crippen molar-refractivity contribution >= 4 is 5.97 Å². The summed E-state index contributed by atoms with van der Waals surface area (Å²) in [6, 6.07) is 2.44. The van der Waals surface area contributed by atoms with Crippen molar-refractivity contribution in [3.8, 4) is 17.2 Å². The summed E-state index contributed by atoms with van der Waals surface area (Å²) in [7, 11) is 0. The van der Waals surface area contributed by atoms with Crippen LogP contribution in [-0.4, -0.2) is 23.0 Å². The smallest absolute Gasteiger partial charge is 0.339 e. The molecule has 0 saturated heterocycles. The van der Waals surface area contributed by atoms with Crippen molar-refractivity contribution in [3.63, 3.8) is 0 Å². The van der Waals surface area contributed by atoms with Gasteiger partial charge in [0.2, 0.25) is 6.79 Å². The lowest BCUT2D eigenvalue weighted by molar-refractivity contribution is 0.0691. The highest BCUT2D eigenvalue weighted by molar-refractivity contribution is 5.92. The van der Waals surface area contributed by atoms with Gasteiger partial charge in [-0.2, -0.15) is 0 Å². The number of fused-ring (bicyclic) bond motifs is 1. The van der Waals surface area contributed by atoms with Gasteiger partial charge in [-0.3, -0.25) is 0 Å². The number of hydrogen-bond acceptors (Lipinski definition) is 4. The summed E-state index contributed by atoms with van der Waals surface area (Å²) in [5.41, 5.74) is -0.0903. The van der Waals surface area contributed by atoms with Crippen molar-refractivity contribution in [1.29, 1.82) is 0 Å². The van der Waals surface area contributed by atoms with E-state index in [4.69, 9.17) is 19.7 Å². The van der Waals surface area contributed by atoms with Gasteiger partial charge >= 0.3 is 5.97 Å². The molecular weight excluding hydrogens is 176 g/mol. The van der Waals surface area contributed by atoms with Crippen LogP contribution in [0.1, 0.15) is 10.4 Å². The molecule has 13 heavy (non-hydrogen) atoms. The maximum atomic E-state index is 10.7. The van der Waals surface area contributed by atoms with Crippen LogP contribution >= 0.6 is 0 Å². The molecule has 1 aliphatic rings. The zero-order valence-electron chi connectivity index (χ0n) is 6.48. The van der Waals surface area contributed by atoms with Crippen LogP contribution in [0.4, 0.5) is 0 Å². The van der Waals surface area contributed by atoms with Crippen LogP contribution in [0.15, 0.2) is 12.1 Å². The van der Waals surface area contributed by atoms with Crippen molar-refractivity contribution in [2.75, 3.05) is 6.79 Å². The van der Waals surface area contributed by atoms with Crippen molar-refractivity contribution in [3.05, 3.63) is 17.7 Å². The lowest BCUT2D eigenvalue weighted by atomic mass is 10.2. The average Bonchev–Trinajstić information content (AvgIpc) is 2.49. The Labute approximate surface area is 73.1 Å². The third kappa shape index (κ3) is 1.14. The van der Waals surface area contributed by atoms with E-state index in [1.54, 1.807) is 0 Å². The first-order valence-electron chi connectivity index (χ1n) is 3.54. The summed E-state index contributed by atoms with van der Waals surface area (Å²) in [6.45, 7) is -0.0148. The van der Waals surface area contributed by atoms with Gasteiger partial charge in [0, 0.05) is 6.07 Å². The quantitative estimate of drug-likeness (QED) is 0.672. The molecule has 0 aromatic heterocycles. The number of rotatable bonds is 1. The van der Waals surface area contributed by atoms with Gasteiger partial charge in [0.15, 0.2) is 11.5 Å². The van der Waals surface area contributed by atoms with Gasteiger partial charge < -0.3 is 19.7 Å². The monoisotopic (exact) mass is 182 g/mol. The molecule has 0 saturated carbocycles. The Bertz CT molecular complexity index is 371. The van der Waals surface area contributed by atoms with Crippen LogP contribution in [0.2, 0.25) is 0 Å². The van der Waals surface area contributed by atoms with Crippen LogP contribution < -0.4 is 9.47 Å². The molecule has 0 radical (unpaired) electrons. The maximum absolute atomic E-state index is 10.7. The van der Waals surface area contributed by atoms with Crippen LogP contribution in [0, 0.1) is 0 Å². The van der Waals surface area contributed by atoms with Gasteiger partial charge in [-0.1, -0.05) is 0 Å². The lowest BCUT2D eigenvalue weighted by Crippen LogP contribution is -1.99. The van der Waals surface area contributed by atoms with E-state index in [2.05, 4.69) is 0 Å². The molecule has 1 heterocycles. The SMILES string of the molecule is O=C(O)c1cc(O)cc2c1OCO2. The van der Waals surface area contributed by atoms with Crippen molar-refractivity contribution < 1.29 is 24.5 Å². The molecule has 0 atom stereocenters. The topological polar surface area (TPSA) is 76.0 Å². The highest BCUT2D eigenvalue weighted by Gasteiger charge is 2.22. The summed E-state index contributed by atoms with van der Waals surface area (Å²) in [5, 5.41) is 17.9. The fourth-order valence-corrected chi connectivity index (χ4v) is 1.15. The molecule has 0 bridgehead atoms. The van der Waals surface area contributed by atoms with E-state index in [0.717, 1.165) is 6.07 Å². The molecule has 2 N–H and O–H groups in total. The van der Waals surface area contributed by atoms with E-state index in [-0.39, 0.29) is 29.6 Å². The largest absolute Gasteiger partial charge is 0.508 e. The Balaban J connectivity index is 2.62. The Morgan fingerprint density at radius 1 is 1.38 bits per heavy atom. The number of benzene rings is 1. The Morgan fingerprint density at radius 2 is 2.15 bits per heavy atom. The van der Waals surface area contributed by atoms with Gasteiger partial charge in [-0.15, -0.1) is 0 Å². The highest BCUT2D eigenvalue weighted by Crippen LogP contribution is 2.38. The predicted octanol–water partition coefficient (Wildman–Crippen LogP) is 0.819. The van der Waals surface area contributed by atoms with Crippen molar-refractivity contribution in [2.45, 2.75) is 0 Å². The fraction of sp³-hybridized carbons (Fsp3) is 0.125. The molecule has 1 aromatic carbocycles. The van der Waals surface area contributed by atoms with E-state index in [9.17, 15) is 4.79 Å². The molecule has 2 rings (SSSR count). The van der Waals surface area contributed by atoms with E-state index in [1.807, 2.05) is 0 Å². The number of carboxylic acid groups (broad SMARTS) is 1. The zero-order chi connectivity index (χ0) is 9.42. The number of carboxylic acids is 1. The minimum absolute atomic E-state index is 0.0148. The first-order valence-corrected chi connectivity index (χ1v) is 3.54. The zero-order valence-corrected chi connectivity index (χ0v) is 6.48. The Kier molecular flexibility index (Phi) is 1.51. The number of hydrogen-bond donors (Lipinski definition) is 2. The minimum Gasteiger partial charge on any atom is -0.508 e. The van der Waals surface area contributed by atoms with Crippen LogP contribution in [0.3, 0.4) is 0 Å². The molecule has 0 unspecified atom stereocenters. The molecule has 1 aliphatic heterocycles. The van der Waals surface area contributed by atoms with Gasteiger partial charge in [-0.25, -0.2) is 4.79 Å². The van der Waals surface area contributed by atoms with Gasteiger partial charge in [0.05, 0.1) is 0 Å². The average molecular weight is 182 g/mol. The molecule has 5 nitrogen and oxygen atoms in total. The van der Waals surface area contributed by atoms with Crippen LogP contribution in [0.5, 0.6) is 17.2 Å². The summed E-state index contributed by atoms with van der Waals surface area (Å²) in [6.07, 6.45) is 0. The number of ether oxygens (including phenoxy) is 2. The number of aromatic carboxylic acids is 1. The molecule has 0 fully saturated rings. The Hall–Kier alpha value is -1.91. The molecule has 68 valence electrons. The molecule has 0 aliphatic carbocycles. The summed E-state index contributed by atoms with van der Waals surface area (Å²) in [4.78, 5) is 10.7. The van der Waals surface area contributed by atoms with Crippen LogP contribution in [0.25, 0.3) is 0 Å². The van der Waals surface area contributed by atoms with Crippen molar-refractivity contribution in [2.24, 2.45) is 0 Å². The van der Waals surface area contributed by atoms with E-state index >= 15 is 0 Å². The standard InChI is InChI=1S/C8H6O5/c9-4-1-5(8(10)11)7-6(2-4)12-3-13-7/h1-2,9H,3H2,(H,10,11). The van der Waals surface area contributed by atoms with Gasteiger partial charge in [-0.05, 0) is 6.07 Å². The fourth-order valence-electron chi connectivity index (χ4n) is 1.15. The molecular formula is C8H6O5.